The van der Waals surface area contributed by atoms with E-state index >= 15 is 0 Å². The zero-order valence-corrected chi connectivity index (χ0v) is 22.4. The normalized spacial score (nSPS) is 19.5. The van der Waals surface area contributed by atoms with Crippen LogP contribution in [0.4, 0.5) is 22.0 Å². The minimum atomic E-state index is -4.45. The van der Waals surface area contributed by atoms with Gasteiger partial charge in [0.2, 0.25) is 11.8 Å². The third-order valence-electron chi connectivity index (χ3n) is 7.86. The maximum absolute atomic E-state index is 13.9. The molecule has 2 aromatic heterocycles. The molecular weight excluding hydrogens is 551 g/mol. The summed E-state index contributed by atoms with van der Waals surface area (Å²) < 4.78 is 69.2. The number of carbonyl (C=O) groups is 2. The largest absolute Gasteiger partial charge is 0.394 e. The number of rotatable bonds is 10. The number of imidazole rings is 1. The molecule has 2 amide bonds. The molecule has 2 aliphatic carbocycles. The molecule has 0 unspecified atom stereocenters. The van der Waals surface area contributed by atoms with Gasteiger partial charge in [-0.15, -0.1) is 0 Å². The number of aromatic nitrogens is 4. The molecule has 4 N–H and O–H groups in total. The number of nitrogens with one attached hydrogen (secondary N) is 3. The fraction of sp³-hybridized carbons (Fsp3) is 0.556. The van der Waals surface area contributed by atoms with E-state index < -0.39 is 53.9 Å². The fourth-order valence-corrected chi connectivity index (χ4v) is 5.37. The first-order valence-corrected chi connectivity index (χ1v) is 13.4. The standard InChI is InChI=1S/C27H31F5N6O3/c1-14(2)38-20(5-8-33-38)24(41)36-19(13-25(6-7-25)27(30,31)32)22-34-17-4-3-16(10-18(17)35-22)23(40)37-21(39)9-15-11-26(28,29)12-15/h3-5,8,10,14-15,19,23,40H,6-7,9,11-13H2,1-2H3,(H,34,35)(H,36,41)(H,37,39)/t19-,23+/m0/s1. The molecule has 41 heavy (non-hydrogen) atoms. The summed E-state index contributed by atoms with van der Waals surface area (Å²) in [6.45, 7) is 3.65. The number of nitrogens with zero attached hydrogens (tertiary/aromatic N) is 3. The molecule has 222 valence electrons. The van der Waals surface area contributed by atoms with Crippen LogP contribution in [0.15, 0.2) is 30.5 Å². The summed E-state index contributed by atoms with van der Waals surface area (Å²) in [6.07, 6.45) is -5.85. The molecule has 14 heteroatoms. The van der Waals surface area contributed by atoms with Crippen LogP contribution in [0.25, 0.3) is 11.0 Å². The summed E-state index contributed by atoms with van der Waals surface area (Å²) in [5, 5.41) is 19.7. The third-order valence-corrected chi connectivity index (χ3v) is 7.86. The number of amides is 2. The topological polar surface area (TPSA) is 125 Å². The van der Waals surface area contributed by atoms with Gasteiger partial charge in [-0.1, -0.05) is 6.07 Å². The van der Waals surface area contributed by atoms with Crippen LogP contribution < -0.4 is 10.6 Å². The monoisotopic (exact) mass is 582 g/mol. The summed E-state index contributed by atoms with van der Waals surface area (Å²) in [5.74, 6) is -4.26. The van der Waals surface area contributed by atoms with Gasteiger partial charge < -0.3 is 20.7 Å². The summed E-state index contributed by atoms with van der Waals surface area (Å²) in [6, 6.07) is 4.72. The number of aliphatic hydroxyl groups excluding tert-OH is 1. The van der Waals surface area contributed by atoms with E-state index in [4.69, 9.17) is 0 Å². The Morgan fingerprint density at radius 1 is 1.17 bits per heavy atom. The summed E-state index contributed by atoms with van der Waals surface area (Å²) in [5.41, 5.74) is -0.728. The Bertz CT molecular complexity index is 1440. The van der Waals surface area contributed by atoms with Gasteiger partial charge in [0.25, 0.3) is 5.91 Å². The lowest BCUT2D eigenvalue weighted by atomic mass is 9.79. The molecular formula is C27H31F5N6O3. The predicted octanol–water partition coefficient (Wildman–Crippen LogP) is 5.09. The van der Waals surface area contributed by atoms with Crippen LogP contribution >= 0.6 is 0 Å². The second-order valence-electron chi connectivity index (χ2n) is 11.5. The van der Waals surface area contributed by atoms with Crippen molar-refractivity contribution in [1.29, 1.82) is 0 Å². The number of carbonyl (C=O) groups excluding carboxylic acids is 2. The molecule has 0 saturated heterocycles. The van der Waals surface area contributed by atoms with E-state index in [2.05, 4.69) is 25.7 Å². The van der Waals surface area contributed by atoms with Gasteiger partial charge in [0.15, 0.2) is 6.23 Å². The van der Waals surface area contributed by atoms with Gasteiger partial charge in [-0.3, -0.25) is 14.3 Å². The van der Waals surface area contributed by atoms with Crippen molar-refractivity contribution < 1.29 is 36.6 Å². The van der Waals surface area contributed by atoms with Crippen LogP contribution in [0.3, 0.4) is 0 Å². The Labute approximate surface area is 231 Å². The van der Waals surface area contributed by atoms with Crippen LogP contribution in [-0.4, -0.2) is 48.8 Å². The van der Waals surface area contributed by atoms with Gasteiger partial charge in [0.05, 0.1) is 22.5 Å². The average Bonchev–Trinajstić information content (AvgIpc) is 3.30. The smallest absolute Gasteiger partial charge is 0.369 e. The Morgan fingerprint density at radius 2 is 1.88 bits per heavy atom. The van der Waals surface area contributed by atoms with Gasteiger partial charge in [0.1, 0.15) is 11.5 Å². The molecule has 0 aliphatic heterocycles. The zero-order valence-electron chi connectivity index (χ0n) is 22.4. The highest BCUT2D eigenvalue weighted by Crippen LogP contribution is 2.61. The minimum absolute atomic E-state index is 0.0540. The molecule has 0 spiro atoms. The quantitative estimate of drug-likeness (QED) is 0.196. The molecule has 0 bridgehead atoms. The van der Waals surface area contributed by atoms with Crippen molar-refractivity contribution in [2.45, 2.75) is 82.8 Å². The number of H-pyrrole nitrogens is 1. The SMILES string of the molecule is CC(C)n1nccc1C(=O)N[C@@H](CC1(C(F)(F)F)CC1)c1nc2ccc([C@@H](O)NC(=O)CC3CC(F)(F)C3)cc2[nH]1. The molecule has 9 nitrogen and oxygen atoms in total. The second kappa shape index (κ2) is 10.4. The number of fused-ring (bicyclic) bond motifs is 1. The lowest BCUT2D eigenvalue weighted by Crippen LogP contribution is -2.39. The molecule has 2 heterocycles. The Morgan fingerprint density at radius 3 is 2.49 bits per heavy atom. The zero-order chi connectivity index (χ0) is 29.7. The molecule has 5 rings (SSSR count). The minimum Gasteiger partial charge on any atom is -0.369 e. The molecule has 1 aromatic carbocycles. The first kappa shape index (κ1) is 29.0. The van der Waals surface area contributed by atoms with E-state index in [0.717, 1.165) is 0 Å². The lowest BCUT2D eigenvalue weighted by Gasteiger charge is -2.34. The first-order chi connectivity index (χ1) is 19.2. The molecule has 2 saturated carbocycles. The van der Waals surface area contributed by atoms with Crippen LogP contribution in [0.5, 0.6) is 0 Å². The number of hydrogen-bond acceptors (Lipinski definition) is 5. The van der Waals surface area contributed by atoms with Gasteiger partial charge in [-0.25, -0.2) is 13.8 Å². The Kier molecular flexibility index (Phi) is 7.33. The highest BCUT2D eigenvalue weighted by molar-refractivity contribution is 5.92. The van der Waals surface area contributed by atoms with Crippen LogP contribution in [-0.2, 0) is 4.79 Å². The summed E-state index contributed by atoms with van der Waals surface area (Å²) >= 11 is 0. The second-order valence-corrected chi connectivity index (χ2v) is 11.5. The van der Waals surface area contributed by atoms with Gasteiger partial charge in [-0.2, -0.15) is 18.3 Å². The highest BCUT2D eigenvalue weighted by atomic mass is 19.4. The van der Waals surface area contributed by atoms with Crippen LogP contribution in [0, 0.1) is 11.3 Å². The maximum Gasteiger partial charge on any atom is 0.394 e. The van der Waals surface area contributed by atoms with Crippen molar-refractivity contribution in [3.8, 4) is 0 Å². The predicted molar refractivity (Wildman–Crippen MR) is 137 cm³/mol. The van der Waals surface area contributed by atoms with E-state index in [1.807, 2.05) is 13.8 Å². The van der Waals surface area contributed by atoms with Gasteiger partial charge >= 0.3 is 6.18 Å². The third kappa shape index (κ3) is 6.07. The molecule has 2 aliphatic rings. The number of halogens is 5. The van der Waals surface area contributed by atoms with Crippen molar-refractivity contribution in [3.05, 3.63) is 47.5 Å². The van der Waals surface area contributed by atoms with Crippen LogP contribution in [0.1, 0.15) is 92.6 Å². The summed E-state index contributed by atoms with van der Waals surface area (Å²) in [7, 11) is 0. The number of hydrogen-bond donors (Lipinski definition) is 4. The van der Waals surface area contributed by atoms with E-state index in [9.17, 15) is 36.6 Å². The average molecular weight is 583 g/mol. The van der Waals surface area contributed by atoms with Crippen molar-refractivity contribution >= 4 is 22.8 Å². The highest BCUT2D eigenvalue weighted by Gasteiger charge is 2.63. The maximum atomic E-state index is 13.9. The molecule has 0 radical (unpaired) electrons. The van der Waals surface area contributed by atoms with E-state index in [0.29, 0.717) is 11.0 Å². The van der Waals surface area contributed by atoms with E-state index in [1.54, 1.807) is 0 Å². The van der Waals surface area contributed by atoms with E-state index in [1.165, 1.54) is 35.1 Å². The van der Waals surface area contributed by atoms with E-state index in [-0.39, 0.29) is 55.2 Å². The lowest BCUT2D eigenvalue weighted by molar-refractivity contribution is -0.190. The Hall–Kier alpha value is -3.55. The molecule has 2 fully saturated rings. The molecule has 3 aromatic rings. The molecule has 2 atom stereocenters. The van der Waals surface area contributed by atoms with Crippen molar-refractivity contribution in [3.63, 3.8) is 0 Å². The van der Waals surface area contributed by atoms with Crippen molar-refractivity contribution in [2.24, 2.45) is 11.3 Å². The van der Waals surface area contributed by atoms with Crippen LogP contribution in [0.2, 0.25) is 0 Å². The number of aliphatic hydroxyl groups is 1. The van der Waals surface area contributed by atoms with Gasteiger partial charge in [-0.05, 0) is 57.2 Å². The summed E-state index contributed by atoms with van der Waals surface area (Å²) in [4.78, 5) is 32.8. The number of alkyl halides is 5. The number of aromatic amines is 1. The van der Waals surface area contributed by atoms with Gasteiger partial charge in [0, 0.05) is 37.1 Å². The number of benzene rings is 1. The fourth-order valence-electron chi connectivity index (χ4n) is 5.37. The Balaban J connectivity index is 1.35. The first-order valence-electron chi connectivity index (χ1n) is 13.4. The van der Waals surface area contributed by atoms with Crippen molar-refractivity contribution in [1.82, 2.24) is 30.4 Å². The van der Waals surface area contributed by atoms with Crippen molar-refractivity contribution in [2.75, 3.05) is 0 Å².